The van der Waals surface area contributed by atoms with Gasteiger partial charge in [0.25, 0.3) is 5.56 Å². The third-order valence-corrected chi connectivity index (χ3v) is 4.60. The molecule has 0 aliphatic carbocycles. The van der Waals surface area contributed by atoms with Gasteiger partial charge in [0, 0.05) is 6.54 Å². The summed E-state index contributed by atoms with van der Waals surface area (Å²) < 4.78 is 2.78. The molecule has 0 saturated heterocycles. The summed E-state index contributed by atoms with van der Waals surface area (Å²) in [6.45, 7) is 0.278. The molecular formula is C20H16ClN5O2. The molecule has 4 rings (SSSR count). The van der Waals surface area contributed by atoms with Crippen LogP contribution in [-0.4, -0.2) is 25.2 Å². The Kier molecular flexibility index (Phi) is 4.90. The molecule has 140 valence electrons. The van der Waals surface area contributed by atoms with Crippen LogP contribution < -0.4 is 10.9 Å². The molecule has 2 aromatic heterocycles. The van der Waals surface area contributed by atoms with Gasteiger partial charge in [-0.05, 0) is 17.7 Å². The number of carbonyl (C=O) groups is 1. The van der Waals surface area contributed by atoms with Crippen LogP contribution in [0.3, 0.4) is 0 Å². The van der Waals surface area contributed by atoms with Crippen molar-refractivity contribution in [3.8, 4) is 5.69 Å². The maximum Gasteiger partial charge on any atom is 0.264 e. The second kappa shape index (κ2) is 7.66. The van der Waals surface area contributed by atoms with Crippen LogP contribution in [0.4, 0.5) is 0 Å². The molecule has 0 spiro atoms. The van der Waals surface area contributed by atoms with E-state index in [0.717, 1.165) is 5.56 Å². The highest BCUT2D eigenvalue weighted by Gasteiger charge is 2.14. The summed E-state index contributed by atoms with van der Waals surface area (Å²) in [6, 6.07) is 16.7. The molecule has 0 fully saturated rings. The number of hydrogen-bond donors (Lipinski definition) is 1. The Balaban J connectivity index is 1.56. The van der Waals surface area contributed by atoms with Crippen molar-refractivity contribution in [3.05, 3.63) is 88.1 Å². The zero-order valence-electron chi connectivity index (χ0n) is 14.7. The molecular weight excluding hydrogens is 378 g/mol. The SMILES string of the molecule is O=C(Cn1cnc2c(cnn2-c2ccccc2Cl)c1=O)NCc1ccccc1. The summed E-state index contributed by atoms with van der Waals surface area (Å²) in [5.74, 6) is -0.273. The van der Waals surface area contributed by atoms with Gasteiger partial charge in [-0.25, -0.2) is 9.67 Å². The summed E-state index contributed by atoms with van der Waals surface area (Å²) in [6.07, 6.45) is 2.79. The van der Waals surface area contributed by atoms with Crippen LogP contribution in [0.15, 0.2) is 71.9 Å². The van der Waals surface area contributed by atoms with E-state index in [1.54, 1.807) is 12.1 Å². The van der Waals surface area contributed by atoms with E-state index >= 15 is 0 Å². The van der Waals surface area contributed by atoms with Gasteiger partial charge in [-0.3, -0.25) is 14.2 Å². The fraction of sp³-hybridized carbons (Fsp3) is 0.100. The Morgan fingerprint density at radius 2 is 1.82 bits per heavy atom. The quantitative estimate of drug-likeness (QED) is 0.565. The molecule has 0 atom stereocenters. The molecule has 0 aliphatic rings. The molecule has 4 aromatic rings. The third kappa shape index (κ3) is 3.52. The van der Waals surface area contributed by atoms with E-state index in [1.807, 2.05) is 42.5 Å². The molecule has 2 aromatic carbocycles. The molecule has 0 aliphatic heterocycles. The second-order valence-corrected chi connectivity index (χ2v) is 6.59. The van der Waals surface area contributed by atoms with Crippen LogP contribution in [0, 0.1) is 0 Å². The maximum atomic E-state index is 12.7. The Morgan fingerprint density at radius 1 is 1.07 bits per heavy atom. The van der Waals surface area contributed by atoms with E-state index in [1.165, 1.54) is 21.8 Å². The van der Waals surface area contributed by atoms with Crippen LogP contribution in [-0.2, 0) is 17.9 Å². The molecule has 0 bridgehead atoms. The number of rotatable bonds is 5. The first kappa shape index (κ1) is 17.9. The normalized spacial score (nSPS) is 10.9. The van der Waals surface area contributed by atoms with Gasteiger partial charge in [0.1, 0.15) is 18.3 Å². The van der Waals surface area contributed by atoms with Gasteiger partial charge < -0.3 is 5.32 Å². The number of carbonyl (C=O) groups excluding carboxylic acids is 1. The molecule has 7 nitrogen and oxygen atoms in total. The van der Waals surface area contributed by atoms with Gasteiger partial charge in [0.05, 0.1) is 16.9 Å². The first-order valence-corrected chi connectivity index (χ1v) is 9.00. The van der Waals surface area contributed by atoms with E-state index < -0.39 is 0 Å². The average Bonchev–Trinajstić information content (AvgIpc) is 3.14. The molecule has 28 heavy (non-hydrogen) atoms. The van der Waals surface area contributed by atoms with E-state index in [0.29, 0.717) is 28.3 Å². The van der Waals surface area contributed by atoms with Crippen molar-refractivity contribution in [2.45, 2.75) is 13.1 Å². The van der Waals surface area contributed by atoms with Crippen LogP contribution in [0.1, 0.15) is 5.56 Å². The van der Waals surface area contributed by atoms with Crippen molar-refractivity contribution < 1.29 is 4.79 Å². The lowest BCUT2D eigenvalue weighted by atomic mass is 10.2. The van der Waals surface area contributed by atoms with Gasteiger partial charge in [0.2, 0.25) is 5.91 Å². The van der Waals surface area contributed by atoms with Crippen molar-refractivity contribution >= 4 is 28.5 Å². The Labute approximate surface area is 165 Å². The molecule has 8 heteroatoms. The standard InChI is InChI=1S/C20H16ClN5O2/c21-16-8-4-5-9-17(16)26-19-15(11-24-26)20(28)25(13-23-19)12-18(27)22-10-14-6-2-1-3-7-14/h1-9,11,13H,10,12H2,(H,22,27). The number of aromatic nitrogens is 4. The number of amides is 1. The zero-order valence-corrected chi connectivity index (χ0v) is 15.5. The predicted octanol–water partition coefficient (Wildman–Crippen LogP) is 2.55. The topological polar surface area (TPSA) is 81.8 Å². The molecule has 0 unspecified atom stereocenters. The first-order valence-electron chi connectivity index (χ1n) is 8.62. The van der Waals surface area contributed by atoms with Crippen LogP contribution >= 0.6 is 11.6 Å². The summed E-state index contributed by atoms with van der Waals surface area (Å²) >= 11 is 6.22. The fourth-order valence-corrected chi connectivity index (χ4v) is 3.08. The monoisotopic (exact) mass is 393 g/mol. The lowest BCUT2D eigenvalue weighted by Gasteiger charge is -2.08. The number of para-hydroxylation sites is 1. The predicted molar refractivity (Wildman–Crippen MR) is 106 cm³/mol. The summed E-state index contributed by atoms with van der Waals surface area (Å²) in [5.41, 5.74) is 1.67. The average molecular weight is 394 g/mol. The molecule has 2 heterocycles. The number of nitrogens with one attached hydrogen (secondary N) is 1. The van der Waals surface area contributed by atoms with Crippen molar-refractivity contribution in [3.63, 3.8) is 0 Å². The first-order chi connectivity index (χ1) is 13.6. The number of hydrogen-bond acceptors (Lipinski definition) is 4. The number of benzene rings is 2. The minimum absolute atomic E-state index is 0.119. The van der Waals surface area contributed by atoms with Gasteiger partial charge in [-0.2, -0.15) is 5.10 Å². The van der Waals surface area contributed by atoms with Gasteiger partial charge in [-0.15, -0.1) is 0 Å². The second-order valence-electron chi connectivity index (χ2n) is 6.19. The number of nitrogens with zero attached hydrogens (tertiary/aromatic N) is 4. The Hall–Kier alpha value is -3.45. The highest BCUT2D eigenvalue weighted by atomic mass is 35.5. The lowest BCUT2D eigenvalue weighted by Crippen LogP contribution is -2.32. The fourth-order valence-electron chi connectivity index (χ4n) is 2.87. The third-order valence-electron chi connectivity index (χ3n) is 4.28. The van der Waals surface area contributed by atoms with Crippen LogP contribution in [0.2, 0.25) is 5.02 Å². The summed E-state index contributed by atoms with van der Waals surface area (Å²) in [5, 5.41) is 7.85. The number of fused-ring (bicyclic) bond motifs is 1. The minimum Gasteiger partial charge on any atom is -0.350 e. The van der Waals surface area contributed by atoms with E-state index in [4.69, 9.17) is 11.6 Å². The molecule has 0 saturated carbocycles. The Morgan fingerprint density at radius 3 is 2.61 bits per heavy atom. The van der Waals surface area contributed by atoms with E-state index in [9.17, 15) is 9.59 Å². The zero-order chi connectivity index (χ0) is 19.5. The molecule has 1 N–H and O–H groups in total. The van der Waals surface area contributed by atoms with Crippen LogP contribution in [0.25, 0.3) is 16.7 Å². The molecule has 0 radical (unpaired) electrons. The maximum absolute atomic E-state index is 12.7. The lowest BCUT2D eigenvalue weighted by molar-refractivity contribution is -0.121. The van der Waals surface area contributed by atoms with E-state index in [2.05, 4.69) is 15.4 Å². The van der Waals surface area contributed by atoms with Crippen LogP contribution in [0.5, 0.6) is 0 Å². The van der Waals surface area contributed by atoms with Gasteiger partial charge in [-0.1, -0.05) is 54.1 Å². The highest BCUT2D eigenvalue weighted by molar-refractivity contribution is 6.32. The smallest absolute Gasteiger partial charge is 0.264 e. The van der Waals surface area contributed by atoms with Gasteiger partial charge >= 0.3 is 0 Å². The van der Waals surface area contributed by atoms with Gasteiger partial charge in [0.15, 0.2) is 5.65 Å². The minimum atomic E-state index is -0.335. The largest absolute Gasteiger partial charge is 0.350 e. The van der Waals surface area contributed by atoms with Crippen molar-refractivity contribution in [2.24, 2.45) is 0 Å². The van der Waals surface area contributed by atoms with Crippen molar-refractivity contribution in [2.75, 3.05) is 0 Å². The van der Waals surface area contributed by atoms with Crippen molar-refractivity contribution in [1.82, 2.24) is 24.6 Å². The molecule has 1 amide bonds. The number of halogens is 1. The van der Waals surface area contributed by atoms with E-state index in [-0.39, 0.29) is 18.0 Å². The van der Waals surface area contributed by atoms with Crippen molar-refractivity contribution in [1.29, 1.82) is 0 Å². The highest BCUT2D eigenvalue weighted by Crippen LogP contribution is 2.21. The summed E-state index contributed by atoms with van der Waals surface area (Å²) in [7, 11) is 0. The summed E-state index contributed by atoms with van der Waals surface area (Å²) in [4.78, 5) is 29.2. The Bertz CT molecular complexity index is 1200.